The van der Waals surface area contributed by atoms with Gasteiger partial charge in [-0.05, 0) is 44.2 Å². The molecule has 4 heteroatoms. The van der Waals surface area contributed by atoms with E-state index >= 15 is 0 Å². The van der Waals surface area contributed by atoms with E-state index in [9.17, 15) is 4.79 Å². The van der Waals surface area contributed by atoms with Gasteiger partial charge >= 0.3 is 0 Å². The number of ether oxygens (including phenoxy) is 1. The Morgan fingerprint density at radius 2 is 2.27 bits per heavy atom. The smallest absolute Gasteiger partial charge is 0.287 e. The zero-order valence-electron chi connectivity index (χ0n) is 12.9. The standard InChI is InChI=1S/C18H21NO3/c1-21-15-9-5-8-14-12-16(22-17(14)15)18(20)19-11-10-13-6-3-2-4-7-13/h5-6,8-9,12H,2-4,7,10-11H2,1H3,(H,19,20). The predicted molar refractivity (Wildman–Crippen MR) is 86.3 cm³/mol. The summed E-state index contributed by atoms with van der Waals surface area (Å²) in [5.41, 5.74) is 2.07. The maximum Gasteiger partial charge on any atom is 0.287 e. The molecule has 1 aromatic carbocycles. The van der Waals surface area contributed by atoms with Crippen LogP contribution in [-0.2, 0) is 0 Å². The molecule has 0 aliphatic heterocycles. The van der Waals surface area contributed by atoms with Crippen LogP contribution in [0.5, 0.6) is 5.75 Å². The van der Waals surface area contributed by atoms with Gasteiger partial charge in [-0.25, -0.2) is 0 Å². The van der Waals surface area contributed by atoms with Crippen LogP contribution >= 0.6 is 0 Å². The molecular weight excluding hydrogens is 278 g/mol. The van der Waals surface area contributed by atoms with Gasteiger partial charge in [0.15, 0.2) is 17.1 Å². The summed E-state index contributed by atoms with van der Waals surface area (Å²) in [5, 5.41) is 3.80. The molecule has 0 spiro atoms. The third kappa shape index (κ3) is 3.16. The quantitative estimate of drug-likeness (QED) is 0.847. The molecule has 1 N–H and O–H groups in total. The van der Waals surface area contributed by atoms with E-state index in [0.29, 0.717) is 23.6 Å². The van der Waals surface area contributed by atoms with Gasteiger partial charge in [0, 0.05) is 11.9 Å². The number of hydrogen-bond acceptors (Lipinski definition) is 3. The zero-order valence-corrected chi connectivity index (χ0v) is 12.9. The van der Waals surface area contributed by atoms with Gasteiger partial charge < -0.3 is 14.5 Å². The topological polar surface area (TPSA) is 51.5 Å². The summed E-state index contributed by atoms with van der Waals surface area (Å²) >= 11 is 0. The molecular formula is C18H21NO3. The SMILES string of the molecule is COc1cccc2cc(C(=O)NCCC3=CCCCC3)oc12. The van der Waals surface area contributed by atoms with Gasteiger partial charge in [-0.15, -0.1) is 0 Å². The summed E-state index contributed by atoms with van der Waals surface area (Å²) in [6, 6.07) is 7.37. The average molecular weight is 299 g/mol. The average Bonchev–Trinajstić information content (AvgIpc) is 3.00. The highest BCUT2D eigenvalue weighted by Gasteiger charge is 2.14. The number of allylic oxidation sites excluding steroid dienone is 1. The minimum Gasteiger partial charge on any atom is -0.493 e. The molecule has 1 amide bonds. The second kappa shape index (κ2) is 6.69. The van der Waals surface area contributed by atoms with Crippen LogP contribution in [0.15, 0.2) is 40.3 Å². The Hall–Kier alpha value is -2.23. The molecule has 2 aromatic rings. The first-order chi connectivity index (χ1) is 10.8. The van der Waals surface area contributed by atoms with Gasteiger partial charge in [-0.3, -0.25) is 4.79 Å². The Balaban J connectivity index is 1.63. The van der Waals surface area contributed by atoms with E-state index in [1.807, 2.05) is 18.2 Å². The third-order valence-electron chi connectivity index (χ3n) is 4.07. The summed E-state index contributed by atoms with van der Waals surface area (Å²) in [5.74, 6) is 0.802. The number of hydrogen-bond donors (Lipinski definition) is 1. The summed E-state index contributed by atoms with van der Waals surface area (Å²) in [7, 11) is 1.59. The molecule has 1 aliphatic rings. The highest BCUT2D eigenvalue weighted by Crippen LogP contribution is 2.28. The Morgan fingerprint density at radius 1 is 1.36 bits per heavy atom. The van der Waals surface area contributed by atoms with Crippen LogP contribution in [0, 0.1) is 0 Å². The van der Waals surface area contributed by atoms with Crippen molar-refractivity contribution in [3.8, 4) is 5.75 Å². The minimum atomic E-state index is -0.172. The number of nitrogens with one attached hydrogen (secondary N) is 1. The Kier molecular flexibility index (Phi) is 4.47. The molecule has 0 fully saturated rings. The van der Waals surface area contributed by atoms with Crippen molar-refractivity contribution in [3.05, 3.63) is 41.7 Å². The summed E-state index contributed by atoms with van der Waals surface area (Å²) in [4.78, 5) is 12.2. The van der Waals surface area contributed by atoms with Crippen LogP contribution in [0.25, 0.3) is 11.0 Å². The fourth-order valence-electron chi connectivity index (χ4n) is 2.86. The van der Waals surface area contributed by atoms with Gasteiger partial charge in [0.2, 0.25) is 0 Å². The first-order valence-electron chi connectivity index (χ1n) is 7.80. The number of carbonyl (C=O) groups excluding carboxylic acids is 1. The van der Waals surface area contributed by atoms with Crippen LogP contribution in [0.1, 0.15) is 42.7 Å². The number of benzene rings is 1. The van der Waals surface area contributed by atoms with E-state index < -0.39 is 0 Å². The van der Waals surface area contributed by atoms with Gasteiger partial charge in [0.25, 0.3) is 5.91 Å². The minimum absolute atomic E-state index is 0.172. The lowest BCUT2D eigenvalue weighted by Crippen LogP contribution is -2.24. The molecule has 0 unspecified atom stereocenters. The predicted octanol–water partition coefficient (Wildman–Crippen LogP) is 4.06. The second-order valence-corrected chi connectivity index (χ2v) is 5.60. The molecule has 0 radical (unpaired) electrons. The summed E-state index contributed by atoms with van der Waals surface area (Å²) in [6.45, 7) is 0.652. The Bertz CT molecular complexity index is 699. The van der Waals surface area contributed by atoms with Crippen molar-refractivity contribution >= 4 is 16.9 Å². The maximum absolute atomic E-state index is 12.2. The van der Waals surface area contributed by atoms with Crippen LogP contribution in [-0.4, -0.2) is 19.6 Å². The van der Waals surface area contributed by atoms with Crippen molar-refractivity contribution in [2.24, 2.45) is 0 Å². The van der Waals surface area contributed by atoms with E-state index in [0.717, 1.165) is 18.2 Å². The van der Waals surface area contributed by atoms with Crippen LogP contribution in [0.4, 0.5) is 0 Å². The molecule has 4 nitrogen and oxygen atoms in total. The van der Waals surface area contributed by atoms with Crippen LogP contribution in [0.3, 0.4) is 0 Å². The van der Waals surface area contributed by atoms with Crippen LogP contribution < -0.4 is 10.1 Å². The fourth-order valence-corrected chi connectivity index (χ4v) is 2.86. The van der Waals surface area contributed by atoms with E-state index in [1.54, 1.807) is 13.2 Å². The summed E-state index contributed by atoms with van der Waals surface area (Å²) in [6.07, 6.45) is 8.13. The number of fused-ring (bicyclic) bond motifs is 1. The number of para-hydroxylation sites is 1. The molecule has 3 rings (SSSR count). The molecule has 0 atom stereocenters. The van der Waals surface area contributed by atoms with Crippen molar-refractivity contribution in [1.82, 2.24) is 5.32 Å². The third-order valence-corrected chi connectivity index (χ3v) is 4.07. The highest BCUT2D eigenvalue weighted by molar-refractivity contribution is 5.97. The lowest BCUT2D eigenvalue weighted by molar-refractivity contribution is 0.0928. The molecule has 116 valence electrons. The van der Waals surface area contributed by atoms with Gasteiger partial charge in [-0.1, -0.05) is 23.8 Å². The molecule has 0 bridgehead atoms. The van der Waals surface area contributed by atoms with Gasteiger partial charge in [0.1, 0.15) is 0 Å². The van der Waals surface area contributed by atoms with Crippen molar-refractivity contribution in [3.63, 3.8) is 0 Å². The monoisotopic (exact) mass is 299 g/mol. The number of amides is 1. The number of carbonyl (C=O) groups is 1. The molecule has 22 heavy (non-hydrogen) atoms. The van der Waals surface area contributed by atoms with Crippen LogP contribution in [0.2, 0.25) is 0 Å². The largest absolute Gasteiger partial charge is 0.493 e. The Labute approximate surface area is 130 Å². The van der Waals surface area contributed by atoms with Gasteiger partial charge in [-0.2, -0.15) is 0 Å². The number of methoxy groups -OCH3 is 1. The first-order valence-corrected chi connectivity index (χ1v) is 7.80. The van der Waals surface area contributed by atoms with Gasteiger partial charge in [0.05, 0.1) is 7.11 Å². The van der Waals surface area contributed by atoms with E-state index in [4.69, 9.17) is 9.15 Å². The molecule has 0 saturated heterocycles. The lowest BCUT2D eigenvalue weighted by atomic mass is 9.97. The van der Waals surface area contributed by atoms with Crippen molar-refractivity contribution < 1.29 is 13.9 Å². The van der Waals surface area contributed by atoms with E-state index in [-0.39, 0.29) is 5.91 Å². The molecule has 0 saturated carbocycles. The highest BCUT2D eigenvalue weighted by atomic mass is 16.5. The van der Waals surface area contributed by atoms with E-state index in [2.05, 4.69) is 11.4 Å². The molecule has 1 aromatic heterocycles. The second-order valence-electron chi connectivity index (χ2n) is 5.60. The Morgan fingerprint density at radius 3 is 3.05 bits per heavy atom. The normalized spacial score (nSPS) is 14.7. The van der Waals surface area contributed by atoms with Crippen molar-refractivity contribution in [2.75, 3.05) is 13.7 Å². The molecule has 1 heterocycles. The van der Waals surface area contributed by atoms with E-state index in [1.165, 1.54) is 24.8 Å². The van der Waals surface area contributed by atoms with Crippen molar-refractivity contribution in [1.29, 1.82) is 0 Å². The number of furan rings is 1. The summed E-state index contributed by atoms with van der Waals surface area (Å²) < 4.78 is 10.9. The number of rotatable bonds is 5. The van der Waals surface area contributed by atoms with Crippen molar-refractivity contribution in [2.45, 2.75) is 32.1 Å². The maximum atomic E-state index is 12.2. The first kappa shape index (κ1) is 14.7. The fraction of sp³-hybridized carbons (Fsp3) is 0.389. The zero-order chi connectivity index (χ0) is 15.4. The lowest BCUT2D eigenvalue weighted by Gasteiger charge is -2.12. The molecule has 1 aliphatic carbocycles.